The minimum atomic E-state index is 0.0538. The highest BCUT2D eigenvalue weighted by Gasteiger charge is 2.26. The molecule has 0 saturated heterocycles. The average molecular weight is 271 g/mol. The van der Waals surface area contributed by atoms with Gasteiger partial charge >= 0.3 is 0 Å². The molecule has 1 aromatic heterocycles. The van der Waals surface area contributed by atoms with Gasteiger partial charge in [0, 0.05) is 11.5 Å². The summed E-state index contributed by atoms with van der Waals surface area (Å²) in [4.78, 5) is 4.54. The van der Waals surface area contributed by atoms with E-state index in [2.05, 4.69) is 60.5 Å². The number of hydrogen-bond acceptors (Lipinski definition) is 4. The first-order chi connectivity index (χ1) is 9.51. The van der Waals surface area contributed by atoms with Crippen molar-refractivity contribution >= 4 is 0 Å². The SMILES string of the molecule is CC(C)(C)NCc1nc(C2Cc3ccccc3C2)no1. The molecule has 1 heterocycles. The highest BCUT2D eigenvalue weighted by Crippen LogP contribution is 2.32. The molecule has 0 fully saturated rings. The van der Waals surface area contributed by atoms with Crippen molar-refractivity contribution in [1.82, 2.24) is 15.5 Å². The lowest BCUT2D eigenvalue weighted by Crippen LogP contribution is -2.35. The van der Waals surface area contributed by atoms with Gasteiger partial charge in [-0.05, 0) is 44.7 Å². The van der Waals surface area contributed by atoms with E-state index in [-0.39, 0.29) is 5.54 Å². The second kappa shape index (κ2) is 5.02. The van der Waals surface area contributed by atoms with E-state index in [0.29, 0.717) is 18.4 Å². The molecule has 0 bridgehead atoms. The van der Waals surface area contributed by atoms with Gasteiger partial charge in [-0.15, -0.1) is 0 Å². The zero-order chi connectivity index (χ0) is 14.2. The fourth-order valence-corrected chi connectivity index (χ4v) is 2.59. The van der Waals surface area contributed by atoms with E-state index in [1.54, 1.807) is 0 Å². The van der Waals surface area contributed by atoms with Crippen LogP contribution in [0.4, 0.5) is 0 Å². The van der Waals surface area contributed by atoms with Crippen LogP contribution in [-0.2, 0) is 19.4 Å². The van der Waals surface area contributed by atoms with Crippen molar-refractivity contribution in [1.29, 1.82) is 0 Å². The van der Waals surface area contributed by atoms with Gasteiger partial charge in [0.1, 0.15) is 0 Å². The molecule has 20 heavy (non-hydrogen) atoms. The third-order valence-corrected chi connectivity index (χ3v) is 3.67. The number of fused-ring (bicyclic) bond motifs is 1. The van der Waals surface area contributed by atoms with Crippen LogP contribution in [0.5, 0.6) is 0 Å². The Labute approximate surface area is 119 Å². The van der Waals surface area contributed by atoms with Crippen LogP contribution >= 0.6 is 0 Å². The summed E-state index contributed by atoms with van der Waals surface area (Å²) in [6.45, 7) is 6.99. The van der Waals surface area contributed by atoms with Crippen molar-refractivity contribution < 1.29 is 4.52 Å². The largest absolute Gasteiger partial charge is 0.338 e. The summed E-state index contributed by atoms with van der Waals surface area (Å²) in [5, 5.41) is 7.52. The Kier molecular flexibility index (Phi) is 3.34. The van der Waals surface area contributed by atoms with Gasteiger partial charge in [-0.1, -0.05) is 29.4 Å². The topological polar surface area (TPSA) is 51.0 Å². The van der Waals surface area contributed by atoms with E-state index >= 15 is 0 Å². The molecule has 1 aliphatic rings. The lowest BCUT2D eigenvalue weighted by atomic mass is 10.1. The molecule has 0 aliphatic heterocycles. The molecule has 106 valence electrons. The summed E-state index contributed by atoms with van der Waals surface area (Å²) in [6.07, 6.45) is 2.03. The van der Waals surface area contributed by atoms with E-state index in [1.807, 2.05) is 0 Å². The van der Waals surface area contributed by atoms with Gasteiger partial charge < -0.3 is 9.84 Å². The second-order valence-electron chi connectivity index (χ2n) is 6.52. The lowest BCUT2D eigenvalue weighted by Gasteiger charge is -2.18. The van der Waals surface area contributed by atoms with Gasteiger partial charge in [0.25, 0.3) is 0 Å². The molecule has 0 unspecified atom stereocenters. The Morgan fingerprint density at radius 3 is 2.45 bits per heavy atom. The van der Waals surface area contributed by atoms with Gasteiger partial charge in [0.05, 0.1) is 6.54 Å². The van der Waals surface area contributed by atoms with E-state index < -0.39 is 0 Å². The minimum Gasteiger partial charge on any atom is -0.338 e. The molecule has 4 heteroatoms. The molecule has 0 atom stereocenters. The van der Waals surface area contributed by atoms with Crippen LogP contribution in [-0.4, -0.2) is 15.7 Å². The normalized spacial score (nSPS) is 15.6. The molecule has 0 amide bonds. The van der Waals surface area contributed by atoms with Crippen LogP contribution in [0.1, 0.15) is 49.5 Å². The summed E-state index contributed by atoms with van der Waals surface area (Å²) >= 11 is 0. The zero-order valence-electron chi connectivity index (χ0n) is 12.3. The molecular formula is C16H21N3O. The van der Waals surface area contributed by atoms with Crippen LogP contribution in [0.25, 0.3) is 0 Å². The molecule has 0 spiro atoms. The van der Waals surface area contributed by atoms with Gasteiger partial charge in [-0.25, -0.2) is 0 Å². The Balaban J connectivity index is 1.67. The minimum absolute atomic E-state index is 0.0538. The van der Waals surface area contributed by atoms with Crippen LogP contribution in [0.2, 0.25) is 0 Å². The quantitative estimate of drug-likeness (QED) is 0.932. The van der Waals surface area contributed by atoms with Crippen molar-refractivity contribution in [2.75, 3.05) is 0 Å². The molecule has 1 aromatic carbocycles. The summed E-state index contributed by atoms with van der Waals surface area (Å²) in [5.74, 6) is 1.87. The van der Waals surface area contributed by atoms with Gasteiger partial charge in [0.15, 0.2) is 5.82 Å². The van der Waals surface area contributed by atoms with Gasteiger partial charge in [-0.2, -0.15) is 4.98 Å². The van der Waals surface area contributed by atoms with Crippen LogP contribution in [0, 0.1) is 0 Å². The van der Waals surface area contributed by atoms with E-state index in [0.717, 1.165) is 18.7 Å². The third kappa shape index (κ3) is 2.90. The zero-order valence-corrected chi connectivity index (χ0v) is 12.3. The highest BCUT2D eigenvalue weighted by atomic mass is 16.5. The monoisotopic (exact) mass is 271 g/mol. The molecule has 1 aliphatic carbocycles. The van der Waals surface area contributed by atoms with Gasteiger partial charge in [0.2, 0.25) is 5.89 Å². The van der Waals surface area contributed by atoms with Gasteiger partial charge in [-0.3, -0.25) is 0 Å². The summed E-state index contributed by atoms with van der Waals surface area (Å²) in [5.41, 5.74) is 2.88. The Morgan fingerprint density at radius 1 is 1.20 bits per heavy atom. The van der Waals surface area contributed by atoms with Crippen molar-refractivity contribution in [3.8, 4) is 0 Å². The molecule has 1 N–H and O–H groups in total. The van der Waals surface area contributed by atoms with Crippen LogP contribution in [0.15, 0.2) is 28.8 Å². The Hall–Kier alpha value is -1.68. The second-order valence-corrected chi connectivity index (χ2v) is 6.52. The number of hydrogen-bond donors (Lipinski definition) is 1. The molecule has 3 rings (SSSR count). The molecular weight excluding hydrogens is 250 g/mol. The first kappa shape index (κ1) is 13.3. The average Bonchev–Trinajstić information content (AvgIpc) is 3.01. The molecule has 4 nitrogen and oxygen atoms in total. The van der Waals surface area contributed by atoms with E-state index in [4.69, 9.17) is 4.52 Å². The van der Waals surface area contributed by atoms with Crippen molar-refractivity contribution in [2.24, 2.45) is 0 Å². The summed E-state index contributed by atoms with van der Waals surface area (Å²) < 4.78 is 5.35. The van der Waals surface area contributed by atoms with Crippen molar-refractivity contribution in [3.05, 3.63) is 47.1 Å². The summed E-state index contributed by atoms with van der Waals surface area (Å²) in [7, 11) is 0. The maximum Gasteiger partial charge on any atom is 0.240 e. The number of nitrogens with one attached hydrogen (secondary N) is 1. The maximum atomic E-state index is 5.35. The van der Waals surface area contributed by atoms with E-state index in [1.165, 1.54) is 11.1 Å². The van der Waals surface area contributed by atoms with E-state index in [9.17, 15) is 0 Å². The molecule has 2 aromatic rings. The Morgan fingerprint density at radius 2 is 1.85 bits per heavy atom. The predicted molar refractivity (Wildman–Crippen MR) is 77.5 cm³/mol. The number of nitrogens with zero attached hydrogens (tertiary/aromatic N) is 2. The number of aromatic nitrogens is 2. The first-order valence-electron chi connectivity index (χ1n) is 7.15. The lowest BCUT2D eigenvalue weighted by molar-refractivity contribution is 0.332. The molecule has 0 saturated carbocycles. The predicted octanol–water partition coefficient (Wildman–Crippen LogP) is 2.84. The third-order valence-electron chi connectivity index (χ3n) is 3.67. The fourth-order valence-electron chi connectivity index (χ4n) is 2.59. The first-order valence-corrected chi connectivity index (χ1v) is 7.15. The van der Waals surface area contributed by atoms with Crippen LogP contribution < -0.4 is 5.32 Å². The Bertz CT molecular complexity index is 573. The van der Waals surface area contributed by atoms with Crippen molar-refractivity contribution in [2.45, 2.75) is 51.6 Å². The standard InChI is InChI=1S/C16H21N3O/c1-16(2,3)17-10-14-18-15(19-20-14)13-8-11-6-4-5-7-12(11)9-13/h4-7,13,17H,8-10H2,1-3H3. The van der Waals surface area contributed by atoms with Crippen molar-refractivity contribution in [3.63, 3.8) is 0 Å². The smallest absolute Gasteiger partial charge is 0.240 e. The highest BCUT2D eigenvalue weighted by molar-refractivity contribution is 5.34. The maximum absolute atomic E-state index is 5.35. The number of rotatable bonds is 3. The summed E-state index contributed by atoms with van der Waals surface area (Å²) in [6, 6.07) is 8.57. The van der Waals surface area contributed by atoms with Crippen LogP contribution in [0.3, 0.4) is 0 Å². The number of benzene rings is 1. The molecule has 0 radical (unpaired) electrons. The fraction of sp³-hybridized carbons (Fsp3) is 0.500.